The second kappa shape index (κ2) is 8.97. The lowest BCUT2D eigenvalue weighted by molar-refractivity contribution is 0.0795. The third-order valence-electron chi connectivity index (χ3n) is 5.76. The molecule has 0 heterocycles. The second-order valence-corrected chi connectivity index (χ2v) is 7.61. The van der Waals surface area contributed by atoms with Crippen molar-refractivity contribution in [3.63, 3.8) is 0 Å². The SMILES string of the molecule is CCCC1(c2ccc(-c3ccc(OCC(F)F)c(F)c3F)cc2)CCCCC1. The van der Waals surface area contributed by atoms with Crippen LogP contribution >= 0.6 is 0 Å². The number of hydrogen-bond acceptors (Lipinski definition) is 1. The summed E-state index contributed by atoms with van der Waals surface area (Å²) in [7, 11) is 0. The van der Waals surface area contributed by atoms with E-state index in [0.717, 1.165) is 12.8 Å². The summed E-state index contributed by atoms with van der Waals surface area (Å²) in [6.45, 7) is 1.23. The standard InChI is InChI=1S/C23H26F4O/c1-2-12-23(13-4-3-5-14-23)17-8-6-16(7-9-17)18-10-11-19(22(27)21(18)26)28-15-20(24)25/h6-11,20H,2-5,12-15H2,1H3. The van der Waals surface area contributed by atoms with E-state index in [4.69, 9.17) is 0 Å². The van der Waals surface area contributed by atoms with E-state index >= 15 is 0 Å². The highest BCUT2D eigenvalue weighted by atomic mass is 19.3. The first-order chi connectivity index (χ1) is 13.5. The van der Waals surface area contributed by atoms with Crippen LogP contribution in [0.25, 0.3) is 11.1 Å². The average molecular weight is 394 g/mol. The zero-order valence-corrected chi connectivity index (χ0v) is 16.1. The van der Waals surface area contributed by atoms with E-state index in [2.05, 4.69) is 11.7 Å². The first-order valence-electron chi connectivity index (χ1n) is 9.97. The zero-order valence-electron chi connectivity index (χ0n) is 16.1. The summed E-state index contributed by atoms with van der Waals surface area (Å²) in [6.07, 6.45) is 5.55. The van der Waals surface area contributed by atoms with E-state index in [0.29, 0.717) is 5.56 Å². The minimum Gasteiger partial charge on any atom is -0.484 e. The van der Waals surface area contributed by atoms with Crippen molar-refractivity contribution in [3.05, 3.63) is 53.6 Å². The Morgan fingerprint density at radius 3 is 2.21 bits per heavy atom. The molecule has 152 valence electrons. The normalized spacial score (nSPS) is 16.4. The largest absolute Gasteiger partial charge is 0.484 e. The number of halogens is 4. The van der Waals surface area contributed by atoms with Crippen LogP contribution in [-0.2, 0) is 5.41 Å². The molecule has 0 bridgehead atoms. The molecule has 1 aliphatic rings. The summed E-state index contributed by atoms with van der Waals surface area (Å²) >= 11 is 0. The lowest BCUT2D eigenvalue weighted by Gasteiger charge is -2.38. The van der Waals surface area contributed by atoms with Crippen LogP contribution in [0.4, 0.5) is 17.6 Å². The van der Waals surface area contributed by atoms with Crippen molar-refractivity contribution in [2.24, 2.45) is 0 Å². The van der Waals surface area contributed by atoms with E-state index in [1.807, 2.05) is 24.3 Å². The van der Waals surface area contributed by atoms with Gasteiger partial charge in [-0.1, -0.05) is 56.9 Å². The smallest absolute Gasteiger partial charge is 0.272 e. The van der Waals surface area contributed by atoms with Crippen molar-refractivity contribution in [1.82, 2.24) is 0 Å². The Hall–Kier alpha value is -2.04. The third kappa shape index (κ3) is 4.34. The third-order valence-corrected chi connectivity index (χ3v) is 5.76. The average Bonchev–Trinajstić information content (AvgIpc) is 2.70. The van der Waals surface area contributed by atoms with Gasteiger partial charge in [-0.15, -0.1) is 0 Å². The van der Waals surface area contributed by atoms with Crippen molar-refractivity contribution in [2.75, 3.05) is 6.61 Å². The van der Waals surface area contributed by atoms with Crippen LogP contribution in [0.3, 0.4) is 0 Å². The number of ether oxygens (including phenoxy) is 1. The molecule has 0 saturated heterocycles. The molecule has 3 rings (SSSR count). The molecule has 1 aliphatic carbocycles. The fraction of sp³-hybridized carbons (Fsp3) is 0.478. The Kier molecular flexibility index (Phi) is 6.63. The molecule has 5 heteroatoms. The van der Waals surface area contributed by atoms with Crippen molar-refractivity contribution < 1.29 is 22.3 Å². The Balaban J connectivity index is 1.86. The Morgan fingerprint density at radius 1 is 0.929 bits per heavy atom. The Morgan fingerprint density at radius 2 is 1.61 bits per heavy atom. The van der Waals surface area contributed by atoms with Gasteiger partial charge in [-0.25, -0.2) is 13.2 Å². The summed E-state index contributed by atoms with van der Waals surface area (Å²) < 4.78 is 57.8. The predicted molar refractivity (Wildman–Crippen MR) is 103 cm³/mol. The fourth-order valence-electron chi connectivity index (χ4n) is 4.41. The molecule has 0 N–H and O–H groups in total. The summed E-state index contributed by atoms with van der Waals surface area (Å²) in [5.74, 6) is -2.82. The predicted octanol–water partition coefficient (Wildman–Crippen LogP) is 7.28. The van der Waals surface area contributed by atoms with Crippen LogP contribution in [0, 0.1) is 11.6 Å². The number of alkyl halides is 2. The Labute approximate surface area is 163 Å². The number of benzene rings is 2. The maximum Gasteiger partial charge on any atom is 0.272 e. The van der Waals surface area contributed by atoms with E-state index in [9.17, 15) is 17.6 Å². The van der Waals surface area contributed by atoms with Gasteiger partial charge in [-0.3, -0.25) is 0 Å². The van der Waals surface area contributed by atoms with Crippen LogP contribution in [0.2, 0.25) is 0 Å². The van der Waals surface area contributed by atoms with Crippen molar-refractivity contribution >= 4 is 0 Å². The van der Waals surface area contributed by atoms with Gasteiger partial charge in [0.15, 0.2) is 11.6 Å². The molecule has 2 aromatic rings. The van der Waals surface area contributed by atoms with Crippen LogP contribution < -0.4 is 4.74 Å². The maximum atomic E-state index is 14.5. The van der Waals surface area contributed by atoms with Crippen LogP contribution in [0.5, 0.6) is 5.75 Å². The van der Waals surface area contributed by atoms with Crippen molar-refractivity contribution in [3.8, 4) is 16.9 Å². The van der Waals surface area contributed by atoms with Crippen LogP contribution in [0.15, 0.2) is 36.4 Å². The zero-order chi connectivity index (χ0) is 20.1. The topological polar surface area (TPSA) is 9.23 Å². The molecule has 1 nitrogen and oxygen atoms in total. The molecule has 0 atom stereocenters. The Bertz CT molecular complexity index is 774. The highest BCUT2D eigenvalue weighted by Gasteiger charge is 2.32. The monoisotopic (exact) mass is 394 g/mol. The molecule has 28 heavy (non-hydrogen) atoms. The molecule has 0 unspecified atom stereocenters. The van der Waals surface area contributed by atoms with Crippen LogP contribution in [-0.4, -0.2) is 13.0 Å². The lowest BCUT2D eigenvalue weighted by atomic mass is 9.67. The maximum absolute atomic E-state index is 14.5. The summed E-state index contributed by atoms with van der Waals surface area (Å²) in [5.41, 5.74) is 2.10. The first kappa shape index (κ1) is 20.7. The minimum absolute atomic E-state index is 0.0987. The molecular formula is C23H26F4O. The second-order valence-electron chi connectivity index (χ2n) is 7.61. The van der Waals surface area contributed by atoms with E-state index < -0.39 is 30.4 Å². The quantitative estimate of drug-likeness (QED) is 0.449. The molecule has 1 saturated carbocycles. The summed E-state index contributed by atoms with van der Waals surface area (Å²) in [4.78, 5) is 0. The van der Waals surface area contributed by atoms with Gasteiger partial charge in [0.05, 0.1) is 0 Å². The molecule has 0 spiro atoms. The molecule has 0 aromatic heterocycles. The number of rotatable bonds is 7. The van der Waals surface area contributed by atoms with Gasteiger partial charge in [0.2, 0.25) is 5.82 Å². The van der Waals surface area contributed by atoms with Gasteiger partial charge >= 0.3 is 0 Å². The molecule has 1 fully saturated rings. The van der Waals surface area contributed by atoms with Gasteiger partial charge in [0.25, 0.3) is 6.43 Å². The van der Waals surface area contributed by atoms with Gasteiger partial charge in [-0.05, 0) is 47.9 Å². The van der Waals surface area contributed by atoms with Gasteiger partial charge in [0, 0.05) is 5.56 Å². The lowest BCUT2D eigenvalue weighted by Crippen LogP contribution is -2.28. The van der Waals surface area contributed by atoms with Crippen molar-refractivity contribution in [1.29, 1.82) is 0 Å². The van der Waals surface area contributed by atoms with E-state index in [1.165, 1.54) is 49.8 Å². The highest BCUT2D eigenvalue weighted by Crippen LogP contribution is 2.43. The molecule has 0 amide bonds. The summed E-state index contributed by atoms with van der Waals surface area (Å²) in [5, 5.41) is 0. The minimum atomic E-state index is -2.75. The van der Waals surface area contributed by atoms with Gasteiger partial charge in [-0.2, -0.15) is 4.39 Å². The van der Waals surface area contributed by atoms with Crippen molar-refractivity contribution in [2.45, 2.75) is 63.7 Å². The number of hydrogen-bond donors (Lipinski definition) is 0. The molecular weight excluding hydrogens is 368 g/mol. The molecule has 0 radical (unpaired) electrons. The molecule has 2 aromatic carbocycles. The molecule has 0 aliphatic heterocycles. The van der Waals surface area contributed by atoms with Gasteiger partial charge in [0.1, 0.15) is 6.61 Å². The van der Waals surface area contributed by atoms with Gasteiger partial charge < -0.3 is 4.74 Å². The van der Waals surface area contributed by atoms with E-state index in [1.54, 1.807) is 0 Å². The highest BCUT2D eigenvalue weighted by molar-refractivity contribution is 5.66. The van der Waals surface area contributed by atoms with Crippen LogP contribution in [0.1, 0.15) is 57.4 Å². The summed E-state index contributed by atoms with van der Waals surface area (Å²) in [6, 6.07) is 10.3. The first-order valence-corrected chi connectivity index (χ1v) is 9.97. The fourth-order valence-corrected chi connectivity index (χ4v) is 4.41. The van der Waals surface area contributed by atoms with E-state index in [-0.39, 0.29) is 11.0 Å².